The van der Waals surface area contributed by atoms with E-state index in [1.54, 1.807) is 11.8 Å². The number of hydrogen-bond acceptors (Lipinski definition) is 3. The molecule has 1 N–H and O–H groups in total. The van der Waals surface area contributed by atoms with E-state index in [0.29, 0.717) is 0 Å². The highest BCUT2D eigenvalue weighted by Crippen LogP contribution is 2.23. The molecule has 118 valence electrons. The number of nitrogens with one attached hydrogen (secondary N) is 1. The van der Waals surface area contributed by atoms with Crippen molar-refractivity contribution in [2.24, 2.45) is 0 Å². The summed E-state index contributed by atoms with van der Waals surface area (Å²) in [5.41, 5.74) is 0.804. The summed E-state index contributed by atoms with van der Waals surface area (Å²) in [4.78, 5) is 15.7. The van der Waals surface area contributed by atoms with Gasteiger partial charge in [0.15, 0.2) is 0 Å². The monoisotopic (exact) mass is 308 g/mol. The maximum Gasteiger partial charge on any atom is 0.252 e. The van der Waals surface area contributed by atoms with Crippen LogP contribution in [0.4, 0.5) is 0 Å². The van der Waals surface area contributed by atoms with Crippen LogP contribution < -0.4 is 5.32 Å². The first-order valence-corrected chi connectivity index (χ1v) is 8.93. The first-order valence-electron chi connectivity index (χ1n) is 7.95. The average Bonchev–Trinajstić information content (AvgIpc) is 2.53. The van der Waals surface area contributed by atoms with Crippen molar-refractivity contribution in [3.8, 4) is 0 Å². The lowest BCUT2D eigenvalue weighted by atomic mass is 10.2. The minimum atomic E-state index is 0.0498. The molecule has 1 amide bonds. The molecule has 0 fully saturated rings. The molecule has 3 nitrogen and oxygen atoms in total. The molecule has 0 saturated heterocycles. The lowest BCUT2D eigenvalue weighted by Gasteiger charge is -2.17. The molecule has 1 aromatic rings. The highest BCUT2D eigenvalue weighted by atomic mass is 32.2. The Labute approximate surface area is 133 Å². The van der Waals surface area contributed by atoms with Crippen LogP contribution in [0.5, 0.6) is 0 Å². The second-order valence-corrected chi connectivity index (χ2v) is 6.12. The van der Waals surface area contributed by atoms with Crippen molar-refractivity contribution in [2.75, 3.05) is 31.9 Å². The van der Waals surface area contributed by atoms with Gasteiger partial charge in [-0.2, -0.15) is 0 Å². The Morgan fingerprint density at radius 1 is 1.19 bits per heavy atom. The van der Waals surface area contributed by atoms with Crippen molar-refractivity contribution in [1.82, 2.24) is 10.2 Å². The molecule has 0 aliphatic rings. The van der Waals surface area contributed by atoms with Crippen LogP contribution in [-0.4, -0.2) is 42.7 Å². The van der Waals surface area contributed by atoms with Crippen LogP contribution in [0.3, 0.4) is 0 Å². The number of hydrogen-bond donors (Lipinski definition) is 1. The molecule has 0 unspecified atom stereocenters. The number of thioether (sulfide) groups is 1. The first-order chi connectivity index (χ1) is 10.2. The van der Waals surface area contributed by atoms with Crippen molar-refractivity contribution >= 4 is 17.7 Å². The summed E-state index contributed by atoms with van der Waals surface area (Å²) in [7, 11) is 0. The van der Waals surface area contributed by atoms with E-state index >= 15 is 0 Å². The third-order valence-electron chi connectivity index (χ3n) is 3.42. The summed E-state index contributed by atoms with van der Waals surface area (Å²) < 4.78 is 0. The van der Waals surface area contributed by atoms with Crippen LogP contribution in [0, 0.1) is 0 Å². The van der Waals surface area contributed by atoms with Gasteiger partial charge < -0.3 is 10.2 Å². The van der Waals surface area contributed by atoms with Crippen LogP contribution in [0.15, 0.2) is 29.2 Å². The van der Waals surface area contributed by atoms with Crippen LogP contribution >= 0.6 is 11.8 Å². The van der Waals surface area contributed by atoms with E-state index in [1.165, 1.54) is 0 Å². The largest absolute Gasteiger partial charge is 0.352 e. The van der Waals surface area contributed by atoms with E-state index in [9.17, 15) is 4.79 Å². The quantitative estimate of drug-likeness (QED) is 0.529. The lowest BCUT2D eigenvalue weighted by Crippen LogP contribution is -2.30. The summed E-state index contributed by atoms with van der Waals surface area (Å²) in [6.45, 7) is 10.4. The van der Waals surface area contributed by atoms with Crippen molar-refractivity contribution < 1.29 is 4.79 Å². The zero-order chi connectivity index (χ0) is 15.5. The molecular weight excluding hydrogens is 280 g/mol. The van der Waals surface area contributed by atoms with E-state index in [1.807, 2.05) is 24.3 Å². The molecule has 1 aromatic carbocycles. The van der Waals surface area contributed by atoms with Gasteiger partial charge in [0.05, 0.1) is 5.56 Å². The third-order valence-corrected chi connectivity index (χ3v) is 4.70. The Morgan fingerprint density at radius 2 is 1.90 bits per heavy atom. The number of carbonyl (C=O) groups is 1. The van der Waals surface area contributed by atoms with Gasteiger partial charge in [-0.3, -0.25) is 4.79 Å². The van der Waals surface area contributed by atoms with E-state index in [-0.39, 0.29) is 5.91 Å². The average molecular weight is 308 g/mol. The molecule has 0 radical (unpaired) electrons. The SMILES string of the molecule is CCCSc1ccccc1C(=O)NCCCN(CC)CC. The molecule has 0 aromatic heterocycles. The molecule has 0 saturated carbocycles. The minimum Gasteiger partial charge on any atom is -0.352 e. The Balaban J connectivity index is 2.44. The van der Waals surface area contributed by atoms with Crippen LogP contribution in [0.25, 0.3) is 0 Å². The van der Waals surface area contributed by atoms with Crippen molar-refractivity contribution in [3.05, 3.63) is 29.8 Å². The second-order valence-electron chi connectivity index (χ2n) is 4.98. The predicted molar refractivity (Wildman–Crippen MR) is 92.2 cm³/mol. The van der Waals surface area contributed by atoms with Gasteiger partial charge in [0.2, 0.25) is 0 Å². The summed E-state index contributed by atoms with van der Waals surface area (Å²) >= 11 is 1.76. The van der Waals surface area contributed by atoms with Crippen molar-refractivity contribution in [3.63, 3.8) is 0 Å². The van der Waals surface area contributed by atoms with Gasteiger partial charge in [0.25, 0.3) is 5.91 Å². The summed E-state index contributed by atoms with van der Waals surface area (Å²) in [6.07, 6.45) is 2.11. The molecule has 0 aliphatic heterocycles. The van der Waals surface area contributed by atoms with E-state index in [0.717, 1.165) is 55.2 Å². The van der Waals surface area contributed by atoms with Gasteiger partial charge in [-0.15, -0.1) is 11.8 Å². The Morgan fingerprint density at radius 3 is 2.57 bits per heavy atom. The molecule has 0 spiro atoms. The van der Waals surface area contributed by atoms with Gasteiger partial charge >= 0.3 is 0 Å². The number of rotatable bonds is 10. The summed E-state index contributed by atoms with van der Waals surface area (Å²) in [5, 5.41) is 3.04. The highest BCUT2D eigenvalue weighted by molar-refractivity contribution is 7.99. The second kappa shape index (κ2) is 10.7. The fourth-order valence-electron chi connectivity index (χ4n) is 2.13. The minimum absolute atomic E-state index is 0.0498. The number of nitrogens with zero attached hydrogens (tertiary/aromatic N) is 1. The summed E-state index contributed by atoms with van der Waals surface area (Å²) in [5.74, 6) is 1.10. The Hall–Kier alpha value is -1.00. The normalized spacial score (nSPS) is 10.9. The van der Waals surface area contributed by atoms with E-state index in [4.69, 9.17) is 0 Å². The number of benzene rings is 1. The van der Waals surface area contributed by atoms with Gasteiger partial charge in [0, 0.05) is 11.4 Å². The molecule has 4 heteroatoms. The third kappa shape index (κ3) is 6.53. The van der Waals surface area contributed by atoms with Crippen LogP contribution in [0.2, 0.25) is 0 Å². The Kier molecular flexibility index (Phi) is 9.19. The van der Waals surface area contributed by atoms with Gasteiger partial charge in [-0.05, 0) is 50.4 Å². The Bertz CT molecular complexity index is 419. The molecule has 0 bridgehead atoms. The molecular formula is C17H28N2OS. The van der Waals surface area contributed by atoms with Crippen LogP contribution in [-0.2, 0) is 0 Å². The van der Waals surface area contributed by atoms with E-state index < -0.39 is 0 Å². The molecule has 1 rings (SSSR count). The molecule has 21 heavy (non-hydrogen) atoms. The fraction of sp³-hybridized carbons (Fsp3) is 0.588. The van der Waals surface area contributed by atoms with Gasteiger partial charge in [-0.25, -0.2) is 0 Å². The van der Waals surface area contributed by atoms with Crippen molar-refractivity contribution in [1.29, 1.82) is 0 Å². The van der Waals surface area contributed by atoms with Gasteiger partial charge in [0.1, 0.15) is 0 Å². The maximum atomic E-state index is 12.3. The fourth-order valence-corrected chi connectivity index (χ4v) is 3.05. The predicted octanol–water partition coefficient (Wildman–Crippen LogP) is 3.65. The molecule has 0 heterocycles. The van der Waals surface area contributed by atoms with Crippen LogP contribution in [0.1, 0.15) is 44.0 Å². The van der Waals surface area contributed by atoms with Crippen molar-refractivity contribution in [2.45, 2.75) is 38.5 Å². The first kappa shape index (κ1) is 18.1. The maximum absolute atomic E-state index is 12.3. The van der Waals surface area contributed by atoms with E-state index in [2.05, 4.69) is 31.0 Å². The summed E-state index contributed by atoms with van der Waals surface area (Å²) in [6, 6.07) is 7.87. The zero-order valence-electron chi connectivity index (χ0n) is 13.5. The zero-order valence-corrected chi connectivity index (χ0v) is 14.3. The lowest BCUT2D eigenvalue weighted by molar-refractivity contribution is 0.0949. The number of amides is 1. The van der Waals surface area contributed by atoms with Gasteiger partial charge in [-0.1, -0.05) is 32.9 Å². The smallest absolute Gasteiger partial charge is 0.252 e. The topological polar surface area (TPSA) is 32.3 Å². The number of carbonyl (C=O) groups excluding carboxylic acids is 1. The molecule has 0 aliphatic carbocycles. The standard InChI is InChI=1S/C17H28N2OS/c1-4-14-21-16-11-8-7-10-15(16)17(20)18-12-9-13-19(5-2)6-3/h7-8,10-11H,4-6,9,12-14H2,1-3H3,(H,18,20). The highest BCUT2D eigenvalue weighted by Gasteiger charge is 2.10. The molecule has 0 atom stereocenters.